The number of benzene rings is 1. The van der Waals surface area contributed by atoms with E-state index in [1.165, 1.54) is 29.4 Å². The van der Waals surface area contributed by atoms with E-state index in [4.69, 9.17) is 9.47 Å². The lowest BCUT2D eigenvalue weighted by Crippen LogP contribution is -2.40. The van der Waals surface area contributed by atoms with Gasteiger partial charge >= 0.3 is 5.97 Å². The molecule has 1 aromatic rings. The highest BCUT2D eigenvalue weighted by atomic mass is 32.2. The van der Waals surface area contributed by atoms with Gasteiger partial charge in [-0.3, -0.25) is 9.59 Å². The Morgan fingerprint density at radius 2 is 2.03 bits per heavy atom. The van der Waals surface area contributed by atoms with Crippen molar-refractivity contribution in [3.63, 3.8) is 0 Å². The van der Waals surface area contributed by atoms with Crippen LogP contribution in [0.1, 0.15) is 19.8 Å². The Labute approximate surface area is 168 Å². The van der Waals surface area contributed by atoms with Gasteiger partial charge in [0.15, 0.2) is 6.10 Å². The normalized spacial score (nSPS) is 21.3. The van der Waals surface area contributed by atoms with Crippen LogP contribution in [0.15, 0.2) is 29.2 Å². The number of carbonyl (C=O) groups excluding carboxylic acids is 3. The molecule has 29 heavy (non-hydrogen) atoms. The topological polar surface area (TPSA) is 131 Å². The summed E-state index contributed by atoms with van der Waals surface area (Å²) in [4.78, 5) is 35.6. The van der Waals surface area contributed by atoms with Crippen molar-refractivity contribution in [3.05, 3.63) is 24.3 Å². The predicted molar refractivity (Wildman–Crippen MR) is 101 cm³/mol. The maximum absolute atomic E-state index is 12.7. The van der Waals surface area contributed by atoms with Crippen LogP contribution in [0.2, 0.25) is 0 Å². The molecule has 0 bridgehead atoms. The molecular weight excluding hydrogens is 402 g/mol. The van der Waals surface area contributed by atoms with E-state index in [2.05, 4.69) is 10.6 Å². The minimum atomic E-state index is -3.70. The summed E-state index contributed by atoms with van der Waals surface area (Å²) in [6, 6.07) is 5.12. The van der Waals surface area contributed by atoms with Gasteiger partial charge < -0.3 is 20.1 Å². The summed E-state index contributed by atoms with van der Waals surface area (Å²) in [6.07, 6.45) is -0.544. The third-order valence-corrected chi connectivity index (χ3v) is 6.55. The molecule has 3 rings (SSSR count). The summed E-state index contributed by atoms with van der Waals surface area (Å²) in [5.41, 5.74) is 0.265. The molecule has 11 heteroatoms. The molecule has 2 aliphatic heterocycles. The maximum Gasteiger partial charge on any atom is 0.329 e. The van der Waals surface area contributed by atoms with Crippen molar-refractivity contribution in [1.29, 1.82) is 0 Å². The number of anilines is 1. The van der Waals surface area contributed by atoms with Gasteiger partial charge in [0.25, 0.3) is 5.91 Å². The van der Waals surface area contributed by atoms with E-state index in [1.54, 1.807) is 6.07 Å². The number of hydrogen-bond acceptors (Lipinski definition) is 7. The summed E-state index contributed by atoms with van der Waals surface area (Å²) in [5.74, 6) is -1.52. The molecule has 2 amide bonds. The van der Waals surface area contributed by atoms with Crippen molar-refractivity contribution in [2.45, 2.75) is 36.8 Å². The van der Waals surface area contributed by atoms with Gasteiger partial charge in [0.2, 0.25) is 15.9 Å². The number of nitrogens with zero attached hydrogens (tertiary/aromatic N) is 1. The number of nitrogens with one attached hydrogen (secondary N) is 2. The zero-order valence-electron chi connectivity index (χ0n) is 15.9. The molecule has 0 saturated carbocycles. The third kappa shape index (κ3) is 5.11. The number of ether oxygens (including phenoxy) is 2. The zero-order valence-corrected chi connectivity index (χ0v) is 16.7. The molecule has 0 aromatic heterocycles. The number of amides is 2. The molecule has 10 nitrogen and oxygen atoms in total. The Balaban J connectivity index is 1.62. The van der Waals surface area contributed by atoms with Crippen molar-refractivity contribution < 1.29 is 32.3 Å². The van der Waals surface area contributed by atoms with E-state index in [-0.39, 0.29) is 36.0 Å². The average molecular weight is 425 g/mol. The minimum Gasteiger partial charge on any atom is -0.451 e. The first-order valence-electron chi connectivity index (χ1n) is 9.26. The lowest BCUT2D eigenvalue weighted by atomic mass is 10.2. The highest BCUT2D eigenvalue weighted by molar-refractivity contribution is 7.89. The van der Waals surface area contributed by atoms with Gasteiger partial charge in [-0.25, -0.2) is 13.2 Å². The zero-order chi connectivity index (χ0) is 21.0. The third-order valence-electron chi connectivity index (χ3n) is 4.65. The van der Waals surface area contributed by atoms with Crippen LogP contribution in [0, 0.1) is 0 Å². The molecule has 2 aliphatic rings. The van der Waals surface area contributed by atoms with Gasteiger partial charge in [0, 0.05) is 25.2 Å². The van der Waals surface area contributed by atoms with Gasteiger partial charge in [-0.05, 0) is 31.5 Å². The number of morpholine rings is 1. The van der Waals surface area contributed by atoms with Gasteiger partial charge in [0.1, 0.15) is 6.04 Å². The lowest BCUT2D eigenvalue weighted by molar-refractivity contribution is -0.155. The van der Waals surface area contributed by atoms with E-state index in [1.807, 2.05) is 0 Å². The van der Waals surface area contributed by atoms with Crippen LogP contribution in [0.25, 0.3) is 0 Å². The lowest BCUT2D eigenvalue weighted by Gasteiger charge is -2.26. The van der Waals surface area contributed by atoms with Crippen LogP contribution in [0.5, 0.6) is 0 Å². The Morgan fingerprint density at radius 1 is 1.31 bits per heavy atom. The maximum atomic E-state index is 12.7. The van der Waals surface area contributed by atoms with Crippen molar-refractivity contribution in [2.24, 2.45) is 0 Å². The fraction of sp³-hybridized carbons (Fsp3) is 0.500. The van der Waals surface area contributed by atoms with E-state index in [0.29, 0.717) is 19.6 Å². The van der Waals surface area contributed by atoms with Gasteiger partial charge in [-0.1, -0.05) is 6.07 Å². The molecular formula is C18H23N3O7S. The molecule has 0 spiro atoms. The van der Waals surface area contributed by atoms with Gasteiger partial charge in [0.05, 0.1) is 18.1 Å². The first kappa shape index (κ1) is 21.2. The second-order valence-corrected chi connectivity index (χ2v) is 8.71. The second kappa shape index (κ2) is 8.89. The number of esters is 1. The Bertz CT molecular complexity index is 896. The standard InChI is InChI=1S/C18H23N3O7S/c1-12(28-18(24)15-5-6-16(22)20-15)17(23)19-13-3-2-4-14(11-13)29(25,26)21-7-9-27-10-8-21/h2-4,11-12,15H,5-10H2,1H3,(H,19,23)(H,20,22). The predicted octanol–water partition coefficient (Wildman–Crippen LogP) is -0.144. The molecule has 2 saturated heterocycles. The van der Waals surface area contributed by atoms with E-state index < -0.39 is 34.0 Å². The summed E-state index contributed by atoms with van der Waals surface area (Å²) in [6.45, 7) is 2.60. The van der Waals surface area contributed by atoms with Crippen LogP contribution in [-0.4, -0.2) is 69.0 Å². The molecule has 2 unspecified atom stereocenters. The fourth-order valence-electron chi connectivity index (χ4n) is 3.01. The molecule has 158 valence electrons. The Hall–Kier alpha value is -2.50. The highest BCUT2D eigenvalue weighted by Crippen LogP contribution is 2.21. The molecule has 0 radical (unpaired) electrons. The first-order chi connectivity index (χ1) is 13.8. The summed E-state index contributed by atoms with van der Waals surface area (Å²) in [5, 5.41) is 5.03. The van der Waals surface area contributed by atoms with Crippen molar-refractivity contribution in [2.75, 3.05) is 31.6 Å². The Morgan fingerprint density at radius 3 is 2.69 bits per heavy atom. The molecule has 2 heterocycles. The largest absolute Gasteiger partial charge is 0.451 e. The number of carbonyl (C=O) groups is 3. The van der Waals surface area contributed by atoms with Crippen molar-refractivity contribution in [1.82, 2.24) is 9.62 Å². The van der Waals surface area contributed by atoms with Gasteiger partial charge in [-0.2, -0.15) is 4.31 Å². The monoisotopic (exact) mass is 425 g/mol. The Kier molecular flexibility index (Phi) is 6.50. The SMILES string of the molecule is CC(OC(=O)C1CCC(=O)N1)C(=O)Nc1cccc(S(=O)(=O)N2CCOCC2)c1. The van der Waals surface area contributed by atoms with Crippen molar-refractivity contribution >= 4 is 33.5 Å². The smallest absolute Gasteiger partial charge is 0.329 e. The van der Waals surface area contributed by atoms with Crippen LogP contribution in [-0.2, 0) is 33.9 Å². The summed E-state index contributed by atoms with van der Waals surface area (Å²) in [7, 11) is -3.70. The number of hydrogen-bond donors (Lipinski definition) is 2. The quantitative estimate of drug-likeness (QED) is 0.606. The second-order valence-electron chi connectivity index (χ2n) is 6.77. The van der Waals surface area contributed by atoms with Gasteiger partial charge in [-0.15, -0.1) is 0 Å². The molecule has 2 atom stereocenters. The fourth-order valence-corrected chi connectivity index (χ4v) is 4.47. The van der Waals surface area contributed by atoms with E-state index in [0.717, 1.165) is 0 Å². The van der Waals surface area contributed by atoms with Crippen LogP contribution < -0.4 is 10.6 Å². The molecule has 2 N–H and O–H groups in total. The van der Waals surface area contributed by atoms with Crippen molar-refractivity contribution in [3.8, 4) is 0 Å². The molecule has 1 aromatic carbocycles. The number of rotatable bonds is 6. The first-order valence-corrected chi connectivity index (χ1v) is 10.7. The number of sulfonamides is 1. The van der Waals surface area contributed by atoms with Crippen LogP contribution in [0.4, 0.5) is 5.69 Å². The summed E-state index contributed by atoms with van der Waals surface area (Å²) >= 11 is 0. The van der Waals surface area contributed by atoms with E-state index >= 15 is 0 Å². The van der Waals surface area contributed by atoms with E-state index in [9.17, 15) is 22.8 Å². The molecule has 2 fully saturated rings. The van der Waals surface area contributed by atoms with Crippen LogP contribution >= 0.6 is 0 Å². The minimum absolute atomic E-state index is 0.0514. The van der Waals surface area contributed by atoms with Crippen LogP contribution in [0.3, 0.4) is 0 Å². The molecule has 0 aliphatic carbocycles. The average Bonchev–Trinajstić information content (AvgIpc) is 3.15. The highest BCUT2D eigenvalue weighted by Gasteiger charge is 2.31. The summed E-state index contributed by atoms with van der Waals surface area (Å²) < 4.78 is 37.1.